The second kappa shape index (κ2) is 6.22. The molecule has 0 radical (unpaired) electrons. The van der Waals surface area contributed by atoms with E-state index in [1.54, 1.807) is 0 Å². The van der Waals surface area contributed by atoms with Crippen LogP contribution in [0.2, 0.25) is 0 Å². The van der Waals surface area contributed by atoms with Crippen molar-refractivity contribution in [3.63, 3.8) is 0 Å². The van der Waals surface area contributed by atoms with Gasteiger partial charge in [-0.1, -0.05) is 45.4 Å². The van der Waals surface area contributed by atoms with Crippen molar-refractivity contribution in [2.24, 2.45) is 17.1 Å². The summed E-state index contributed by atoms with van der Waals surface area (Å²) in [7, 11) is 0. The SMILES string of the molecule is CC1(C2CCCCCC(N)CCC2)CCCC1. The third-order valence-corrected chi connectivity index (χ3v) is 5.49. The topological polar surface area (TPSA) is 26.0 Å². The fourth-order valence-corrected chi connectivity index (χ4v) is 4.18. The monoisotopic (exact) mass is 237 g/mol. The summed E-state index contributed by atoms with van der Waals surface area (Å²) in [6.45, 7) is 2.57. The van der Waals surface area contributed by atoms with Crippen LogP contribution in [-0.2, 0) is 0 Å². The molecule has 0 bridgehead atoms. The molecule has 2 atom stereocenters. The van der Waals surface area contributed by atoms with E-state index in [0.29, 0.717) is 11.5 Å². The average Bonchev–Trinajstić information content (AvgIpc) is 2.75. The van der Waals surface area contributed by atoms with Gasteiger partial charge in [0, 0.05) is 6.04 Å². The van der Waals surface area contributed by atoms with E-state index >= 15 is 0 Å². The minimum Gasteiger partial charge on any atom is -0.328 e. The van der Waals surface area contributed by atoms with Gasteiger partial charge in [0.15, 0.2) is 0 Å². The Labute approximate surface area is 108 Å². The number of hydrogen-bond donors (Lipinski definition) is 1. The molecule has 0 aromatic carbocycles. The molecule has 1 nitrogen and oxygen atoms in total. The Balaban J connectivity index is 1.90. The van der Waals surface area contributed by atoms with Gasteiger partial charge in [0.25, 0.3) is 0 Å². The van der Waals surface area contributed by atoms with Crippen molar-refractivity contribution in [1.29, 1.82) is 0 Å². The fraction of sp³-hybridized carbons (Fsp3) is 1.00. The molecule has 0 heterocycles. The largest absolute Gasteiger partial charge is 0.328 e. The van der Waals surface area contributed by atoms with Crippen molar-refractivity contribution in [2.45, 2.75) is 90.0 Å². The van der Waals surface area contributed by atoms with E-state index in [1.165, 1.54) is 77.0 Å². The van der Waals surface area contributed by atoms with E-state index in [-0.39, 0.29) is 0 Å². The summed E-state index contributed by atoms with van der Waals surface area (Å²) in [4.78, 5) is 0. The normalized spacial score (nSPS) is 35.6. The molecule has 2 aliphatic carbocycles. The van der Waals surface area contributed by atoms with E-state index in [1.807, 2.05) is 0 Å². The predicted octanol–water partition coefficient (Wildman–Crippen LogP) is 4.64. The van der Waals surface area contributed by atoms with Crippen LogP contribution in [-0.4, -0.2) is 6.04 Å². The second-order valence-electron chi connectivity index (χ2n) is 6.89. The van der Waals surface area contributed by atoms with Gasteiger partial charge >= 0.3 is 0 Å². The number of rotatable bonds is 1. The van der Waals surface area contributed by atoms with Gasteiger partial charge < -0.3 is 5.73 Å². The first-order chi connectivity index (χ1) is 8.21. The Bertz CT molecular complexity index is 218. The zero-order valence-electron chi connectivity index (χ0n) is 11.7. The van der Waals surface area contributed by atoms with E-state index in [4.69, 9.17) is 5.73 Å². The summed E-state index contributed by atoms with van der Waals surface area (Å²) < 4.78 is 0. The lowest BCUT2D eigenvalue weighted by Gasteiger charge is -2.35. The molecule has 2 saturated carbocycles. The van der Waals surface area contributed by atoms with Crippen molar-refractivity contribution in [3.8, 4) is 0 Å². The summed E-state index contributed by atoms with van der Waals surface area (Å²) in [6.07, 6.45) is 17.0. The van der Waals surface area contributed by atoms with Gasteiger partial charge in [-0.05, 0) is 49.9 Å². The van der Waals surface area contributed by atoms with Gasteiger partial charge in [-0.15, -0.1) is 0 Å². The summed E-state index contributed by atoms with van der Waals surface area (Å²) in [6, 6.07) is 0.491. The maximum atomic E-state index is 6.16. The molecule has 2 fully saturated rings. The van der Waals surface area contributed by atoms with E-state index < -0.39 is 0 Å². The van der Waals surface area contributed by atoms with Gasteiger partial charge in [-0.2, -0.15) is 0 Å². The first-order valence-corrected chi connectivity index (χ1v) is 7.96. The Morgan fingerprint density at radius 1 is 0.765 bits per heavy atom. The number of hydrogen-bond acceptors (Lipinski definition) is 1. The minimum absolute atomic E-state index is 0.491. The first-order valence-electron chi connectivity index (χ1n) is 7.96. The molecule has 2 unspecified atom stereocenters. The Morgan fingerprint density at radius 2 is 1.35 bits per heavy atom. The molecule has 0 saturated heterocycles. The van der Waals surface area contributed by atoms with Crippen LogP contribution in [0.15, 0.2) is 0 Å². The molecule has 0 spiro atoms. The second-order valence-corrected chi connectivity index (χ2v) is 6.89. The highest BCUT2D eigenvalue weighted by molar-refractivity contribution is 4.87. The first kappa shape index (κ1) is 13.4. The van der Waals surface area contributed by atoms with Crippen LogP contribution in [0.25, 0.3) is 0 Å². The van der Waals surface area contributed by atoms with Gasteiger partial charge in [0.2, 0.25) is 0 Å². The Kier molecular flexibility index (Phi) is 4.90. The fourth-order valence-electron chi connectivity index (χ4n) is 4.18. The van der Waals surface area contributed by atoms with E-state index in [0.717, 1.165) is 5.92 Å². The standard InChI is InChI=1S/C16H31N/c1-16(12-5-6-13-16)14-8-3-2-4-10-15(17)11-7-9-14/h14-15H,2-13,17H2,1H3. The van der Waals surface area contributed by atoms with Gasteiger partial charge in [0.1, 0.15) is 0 Å². The highest BCUT2D eigenvalue weighted by Gasteiger charge is 2.36. The van der Waals surface area contributed by atoms with Crippen molar-refractivity contribution in [2.75, 3.05) is 0 Å². The van der Waals surface area contributed by atoms with Crippen molar-refractivity contribution in [1.82, 2.24) is 0 Å². The maximum Gasteiger partial charge on any atom is 0.00388 e. The van der Waals surface area contributed by atoms with Crippen LogP contribution in [0.5, 0.6) is 0 Å². The lowest BCUT2D eigenvalue weighted by atomic mass is 9.70. The lowest BCUT2D eigenvalue weighted by Crippen LogP contribution is -2.26. The van der Waals surface area contributed by atoms with Crippen LogP contribution in [0.3, 0.4) is 0 Å². The van der Waals surface area contributed by atoms with Crippen LogP contribution in [0.4, 0.5) is 0 Å². The lowest BCUT2D eigenvalue weighted by molar-refractivity contribution is 0.158. The third kappa shape index (κ3) is 3.71. The predicted molar refractivity (Wildman–Crippen MR) is 75.0 cm³/mol. The van der Waals surface area contributed by atoms with Crippen LogP contribution in [0.1, 0.15) is 84.0 Å². The van der Waals surface area contributed by atoms with Crippen molar-refractivity contribution in [3.05, 3.63) is 0 Å². The molecule has 0 aromatic rings. The highest BCUT2D eigenvalue weighted by Crippen LogP contribution is 2.47. The molecule has 0 aliphatic heterocycles. The third-order valence-electron chi connectivity index (χ3n) is 5.49. The molecular formula is C16H31N. The molecule has 0 aromatic heterocycles. The van der Waals surface area contributed by atoms with E-state index in [9.17, 15) is 0 Å². The Hall–Kier alpha value is -0.0400. The minimum atomic E-state index is 0.491. The Morgan fingerprint density at radius 3 is 2.12 bits per heavy atom. The maximum absolute atomic E-state index is 6.16. The molecular weight excluding hydrogens is 206 g/mol. The van der Waals surface area contributed by atoms with E-state index in [2.05, 4.69) is 6.92 Å². The molecule has 17 heavy (non-hydrogen) atoms. The molecule has 1 heteroatoms. The van der Waals surface area contributed by atoms with Crippen molar-refractivity contribution < 1.29 is 0 Å². The smallest absolute Gasteiger partial charge is 0.00388 e. The van der Waals surface area contributed by atoms with Gasteiger partial charge in [-0.3, -0.25) is 0 Å². The average molecular weight is 237 g/mol. The van der Waals surface area contributed by atoms with Gasteiger partial charge in [-0.25, -0.2) is 0 Å². The number of nitrogens with two attached hydrogens (primary N) is 1. The molecule has 2 N–H and O–H groups in total. The highest BCUT2D eigenvalue weighted by atomic mass is 14.6. The zero-order valence-corrected chi connectivity index (χ0v) is 11.7. The van der Waals surface area contributed by atoms with Crippen LogP contribution in [0, 0.1) is 11.3 Å². The van der Waals surface area contributed by atoms with Crippen LogP contribution >= 0.6 is 0 Å². The molecule has 0 amide bonds. The molecule has 100 valence electrons. The quantitative estimate of drug-likeness (QED) is 0.706. The summed E-state index contributed by atoms with van der Waals surface area (Å²) in [5.41, 5.74) is 6.84. The van der Waals surface area contributed by atoms with Gasteiger partial charge in [0.05, 0.1) is 0 Å². The van der Waals surface area contributed by atoms with Crippen molar-refractivity contribution >= 4 is 0 Å². The summed E-state index contributed by atoms with van der Waals surface area (Å²) >= 11 is 0. The molecule has 2 aliphatic rings. The summed E-state index contributed by atoms with van der Waals surface area (Å²) in [5, 5.41) is 0. The van der Waals surface area contributed by atoms with Crippen LogP contribution < -0.4 is 5.73 Å². The molecule has 2 rings (SSSR count). The zero-order chi connectivity index (χ0) is 12.1. The summed E-state index contributed by atoms with van der Waals surface area (Å²) in [5.74, 6) is 0.996.